The molecule has 0 aromatic carbocycles. The standard InChI is InChI=1S/C14H29NO2/c1-3-9-15-13(12-16-10-4-2)7-8-14-6-5-11-17-14/h13-15H,3-12H2,1-2H3. The van der Waals surface area contributed by atoms with Gasteiger partial charge in [-0.2, -0.15) is 0 Å². The smallest absolute Gasteiger partial charge is 0.0619 e. The number of hydrogen-bond donors (Lipinski definition) is 1. The summed E-state index contributed by atoms with van der Waals surface area (Å²) in [5, 5.41) is 3.57. The average Bonchev–Trinajstić information content (AvgIpc) is 2.85. The summed E-state index contributed by atoms with van der Waals surface area (Å²) in [6, 6.07) is 0.505. The van der Waals surface area contributed by atoms with Gasteiger partial charge in [0.05, 0.1) is 12.7 Å². The van der Waals surface area contributed by atoms with Crippen LogP contribution in [0.1, 0.15) is 52.4 Å². The lowest BCUT2D eigenvalue weighted by atomic mass is 10.1. The van der Waals surface area contributed by atoms with E-state index < -0.39 is 0 Å². The quantitative estimate of drug-likeness (QED) is 0.598. The SMILES string of the molecule is CCCNC(CCC1CCCO1)COCCC. The summed E-state index contributed by atoms with van der Waals surface area (Å²) < 4.78 is 11.3. The zero-order chi connectivity index (χ0) is 12.3. The summed E-state index contributed by atoms with van der Waals surface area (Å²) in [6.45, 7) is 8.14. The second-order valence-electron chi connectivity index (χ2n) is 4.94. The number of nitrogens with one attached hydrogen (secondary N) is 1. The Balaban J connectivity index is 2.13. The third-order valence-corrected chi connectivity index (χ3v) is 3.21. The maximum absolute atomic E-state index is 5.66. The molecule has 1 aliphatic rings. The van der Waals surface area contributed by atoms with Crippen LogP contribution < -0.4 is 5.32 Å². The predicted octanol–water partition coefficient (Wildman–Crippen LogP) is 2.74. The maximum Gasteiger partial charge on any atom is 0.0619 e. The van der Waals surface area contributed by atoms with Crippen molar-refractivity contribution in [1.29, 1.82) is 0 Å². The average molecular weight is 243 g/mol. The molecule has 0 spiro atoms. The highest BCUT2D eigenvalue weighted by atomic mass is 16.5. The largest absolute Gasteiger partial charge is 0.380 e. The van der Waals surface area contributed by atoms with Crippen LogP contribution in [-0.4, -0.2) is 38.5 Å². The van der Waals surface area contributed by atoms with Crippen LogP contribution in [0, 0.1) is 0 Å². The van der Waals surface area contributed by atoms with Crippen molar-refractivity contribution in [2.45, 2.75) is 64.5 Å². The van der Waals surface area contributed by atoms with E-state index in [0.29, 0.717) is 12.1 Å². The Morgan fingerprint density at radius 3 is 2.88 bits per heavy atom. The molecule has 1 rings (SSSR count). The Hall–Kier alpha value is -0.120. The highest BCUT2D eigenvalue weighted by Gasteiger charge is 2.17. The summed E-state index contributed by atoms with van der Waals surface area (Å²) in [5.74, 6) is 0. The van der Waals surface area contributed by atoms with Gasteiger partial charge >= 0.3 is 0 Å². The van der Waals surface area contributed by atoms with Gasteiger partial charge in [0.2, 0.25) is 0 Å². The van der Waals surface area contributed by atoms with Crippen LogP contribution in [0.25, 0.3) is 0 Å². The Labute approximate surface area is 106 Å². The fourth-order valence-electron chi connectivity index (χ4n) is 2.22. The molecule has 2 unspecified atom stereocenters. The van der Waals surface area contributed by atoms with E-state index in [1.54, 1.807) is 0 Å². The monoisotopic (exact) mass is 243 g/mol. The Morgan fingerprint density at radius 2 is 2.24 bits per heavy atom. The molecule has 1 fully saturated rings. The van der Waals surface area contributed by atoms with E-state index in [4.69, 9.17) is 9.47 Å². The highest BCUT2D eigenvalue weighted by Crippen LogP contribution is 2.17. The molecule has 0 amide bonds. The molecule has 1 aliphatic heterocycles. The van der Waals surface area contributed by atoms with Gasteiger partial charge in [-0.1, -0.05) is 13.8 Å². The van der Waals surface area contributed by atoms with Gasteiger partial charge in [-0.05, 0) is 45.1 Å². The van der Waals surface area contributed by atoms with Gasteiger partial charge in [0.15, 0.2) is 0 Å². The number of rotatable bonds is 10. The molecule has 3 nitrogen and oxygen atoms in total. The van der Waals surface area contributed by atoms with Gasteiger partial charge in [-0.25, -0.2) is 0 Å². The number of ether oxygens (including phenoxy) is 2. The summed E-state index contributed by atoms with van der Waals surface area (Å²) in [6.07, 6.45) is 7.63. The van der Waals surface area contributed by atoms with Gasteiger partial charge in [-0.3, -0.25) is 0 Å². The summed E-state index contributed by atoms with van der Waals surface area (Å²) in [7, 11) is 0. The van der Waals surface area contributed by atoms with E-state index in [1.165, 1.54) is 32.1 Å². The van der Waals surface area contributed by atoms with Crippen molar-refractivity contribution in [2.24, 2.45) is 0 Å². The minimum atomic E-state index is 0.505. The summed E-state index contributed by atoms with van der Waals surface area (Å²) in [4.78, 5) is 0. The van der Waals surface area contributed by atoms with Crippen molar-refractivity contribution >= 4 is 0 Å². The first-order valence-corrected chi connectivity index (χ1v) is 7.29. The van der Waals surface area contributed by atoms with Crippen molar-refractivity contribution < 1.29 is 9.47 Å². The molecule has 2 atom stereocenters. The van der Waals surface area contributed by atoms with E-state index in [1.807, 2.05) is 0 Å². The Bertz CT molecular complexity index is 170. The molecule has 0 aliphatic carbocycles. The minimum Gasteiger partial charge on any atom is -0.380 e. The third kappa shape index (κ3) is 7.02. The molecular weight excluding hydrogens is 214 g/mol. The van der Waals surface area contributed by atoms with Gasteiger partial charge < -0.3 is 14.8 Å². The zero-order valence-electron chi connectivity index (χ0n) is 11.5. The molecule has 1 N–H and O–H groups in total. The van der Waals surface area contributed by atoms with E-state index >= 15 is 0 Å². The second kappa shape index (κ2) is 9.86. The highest BCUT2D eigenvalue weighted by molar-refractivity contribution is 4.71. The molecule has 0 aromatic rings. The zero-order valence-corrected chi connectivity index (χ0v) is 11.5. The fourth-order valence-corrected chi connectivity index (χ4v) is 2.22. The lowest BCUT2D eigenvalue weighted by Gasteiger charge is -2.20. The molecule has 3 heteroatoms. The minimum absolute atomic E-state index is 0.505. The van der Waals surface area contributed by atoms with Crippen LogP contribution in [0.15, 0.2) is 0 Å². The van der Waals surface area contributed by atoms with Gasteiger partial charge in [-0.15, -0.1) is 0 Å². The molecular formula is C14H29NO2. The first-order chi connectivity index (χ1) is 8.36. The van der Waals surface area contributed by atoms with Gasteiger partial charge in [0, 0.05) is 19.3 Å². The van der Waals surface area contributed by atoms with Gasteiger partial charge in [0.1, 0.15) is 0 Å². The predicted molar refractivity (Wildman–Crippen MR) is 71.4 cm³/mol. The van der Waals surface area contributed by atoms with Crippen LogP contribution >= 0.6 is 0 Å². The maximum atomic E-state index is 5.66. The first-order valence-electron chi connectivity index (χ1n) is 7.29. The first kappa shape index (κ1) is 14.9. The number of hydrogen-bond acceptors (Lipinski definition) is 3. The Morgan fingerprint density at radius 1 is 1.35 bits per heavy atom. The van der Waals surface area contributed by atoms with Crippen LogP contribution in [0.5, 0.6) is 0 Å². The van der Waals surface area contributed by atoms with Gasteiger partial charge in [0.25, 0.3) is 0 Å². The van der Waals surface area contributed by atoms with Crippen molar-refractivity contribution in [3.8, 4) is 0 Å². The summed E-state index contributed by atoms with van der Waals surface area (Å²) >= 11 is 0. The molecule has 17 heavy (non-hydrogen) atoms. The summed E-state index contributed by atoms with van der Waals surface area (Å²) in [5.41, 5.74) is 0. The lowest BCUT2D eigenvalue weighted by Crippen LogP contribution is -2.35. The van der Waals surface area contributed by atoms with Crippen LogP contribution in [0.2, 0.25) is 0 Å². The molecule has 0 radical (unpaired) electrons. The molecule has 0 bridgehead atoms. The third-order valence-electron chi connectivity index (χ3n) is 3.21. The second-order valence-corrected chi connectivity index (χ2v) is 4.94. The van der Waals surface area contributed by atoms with Crippen molar-refractivity contribution in [1.82, 2.24) is 5.32 Å². The fraction of sp³-hybridized carbons (Fsp3) is 1.00. The van der Waals surface area contributed by atoms with Crippen molar-refractivity contribution in [2.75, 3.05) is 26.4 Å². The molecule has 102 valence electrons. The van der Waals surface area contributed by atoms with E-state index in [9.17, 15) is 0 Å². The topological polar surface area (TPSA) is 30.5 Å². The van der Waals surface area contributed by atoms with Crippen molar-refractivity contribution in [3.63, 3.8) is 0 Å². The van der Waals surface area contributed by atoms with E-state index in [0.717, 1.165) is 32.8 Å². The van der Waals surface area contributed by atoms with E-state index in [2.05, 4.69) is 19.2 Å². The van der Waals surface area contributed by atoms with E-state index in [-0.39, 0.29) is 0 Å². The van der Waals surface area contributed by atoms with Crippen LogP contribution in [-0.2, 0) is 9.47 Å². The molecule has 0 saturated carbocycles. The van der Waals surface area contributed by atoms with Crippen molar-refractivity contribution in [3.05, 3.63) is 0 Å². The molecule has 0 aromatic heterocycles. The molecule has 1 saturated heterocycles. The lowest BCUT2D eigenvalue weighted by molar-refractivity contribution is 0.0824. The van der Waals surface area contributed by atoms with Crippen LogP contribution in [0.3, 0.4) is 0 Å². The Kier molecular flexibility index (Phi) is 8.67. The van der Waals surface area contributed by atoms with Crippen LogP contribution in [0.4, 0.5) is 0 Å². The molecule has 1 heterocycles. The normalized spacial score (nSPS) is 21.9.